The Hall–Kier alpha value is -2.99. The van der Waals surface area contributed by atoms with E-state index in [0.717, 1.165) is 42.7 Å². The van der Waals surface area contributed by atoms with Crippen molar-refractivity contribution in [1.82, 2.24) is 9.47 Å². The van der Waals surface area contributed by atoms with E-state index in [0.29, 0.717) is 10.4 Å². The zero-order valence-corrected chi connectivity index (χ0v) is 16.5. The van der Waals surface area contributed by atoms with Crippen molar-refractivity contribution in [3.05, 3.63) is 70.5 Å². The lowest BCUT2D eigenvalue weighted by atomic mass is 10.0. The molecule has 0 spiro atoms. The van der Waals surface area contributed by atoms with Crippen LogP contribution in [0.25, 0.3) is 16.8 Å². The number of thiazole rings is 1. The number of likely N-dealkylation sites (tertiary alicyclic amines) is 1. The number of carbonyl (C=O) groups is 2. The first-order chi connectivity index (χ1) is 13.6. The van der Waals surface area contributed by atoms with Crippen molar-refractivity contribution in [2.24, 2.45) is 4.99 Å². The summed E-state index contributed by atoms with van der Waals surface area (Å²) >= 11 is 1.45. The number of aromatic nitrogens is 1. The zero-order chi connectivity index (χ0) is 19.5. The summed E-state index contributed by atoms with van der Waals surface area (Å²) in [5, 5.41) is 1.93. The Morgan fingerprint density at radius 3 is 2.46 bits per heavy atom. The normalized spacial score (nSPS) is 14.5. The van der Waals surface area contributed by atoms with Crippen molar-refractivity contribution in [3.63, 3.8) is 0 Å². The second-order valence-corrected chi connectivity index (χ2v) is 7.70. The molecule has 6 heteroatoms. The number of rotatable bonds is 3. The molecule has 1 aliphatic heterocycles. The molecule has 0 saturated carbocycles. The van der Waals surface area contributed by atoms with E-state index < -0.39 is 0 Å². The molecular weight excluding hydrogens is 370 g/mol. The molecule has 142 valence electrons. The molecule has 0 radical (unpaired) electrons. The van der Waals surface area contributed by atoms with E-state index in [9.17, 15) is 9.59 Å². The summed E-state index contributed by atoms with van der Waals surface area (Å²) in [5.74, 6) is 0.0567. The number of hydrogen-bond acceptors (Lipinski definition) is 3. The van der Waals surface area contributed by atoms with Gasteiger partial charge in [0.1, 0.15) is 0 Å². The van der Waals surface area contributed by atoms with Crippen LogP contribution in [0, 0.1) is 0 Å². The molecule has 2 amide bonds. The Kier molecular flexibility index (Phi) is 5.21. The summed E-state index contributed by atoms with van der Waals surface area (Å²) in [7, 11) is 0. The quantitative estimate of drug-likeness (QED) is 0.616. The van der Waals surface area contributed by atoms with Crippen molar-refractivity contribution < 1.29 is 9.59 Å². The summed E-state index contributed by atoms with van der Waals surface area (Å²) in [4.78, 5) is 30.8. The molecule has 1 saturated heterocycles. The highest BCUT2D eigenvalue weighted by Crippen LogP contribution is 2.22. The fraction of sp³-hybridized carbons (Fsp3) is 0.227. The SMILES string of the molecule is CC(=O)c1cccc(-c2ccc(-n3ccsc3=NC(=O)N3CCCC3)cc2)c1. The van der Waals surface area contributed by atoms with E-state index in [2.05, 4.69) is 4.99 Å². The Balaban J connectivity index is 1.62. The molecule has 1 fully saturated rings. The third kappa shape index (κ3) is 3.82. The van der Waals surface area contributed by atoms with E-state index in [1.165, 1.54) is 11.3 Å². The number of hydrogen-bond donors (Lipinski definition) is 0. The minimum atomic E-state index is -0.161. The van der Waals surface area contributed by atoms with Gasteiger partial charge in [0.15, 0.2) is 10.6 Å². The van der Waals surface area contributed by atoms with Crippen LogP contribution in [0.15, 0.2) is 65.1 Å². The van der Waals surface area contributed by atoms with Crippen LogP contribution in [0.2, 0.25) is 0 Å². The Bertz CT molecular complexity index is 1070. The van der Waals surface area contributed by atoms with Crippen LogP contribution in [0.4, 0.5) is 4.79 Å². The second kappa shape index (κ2) is 7.94. The van der Waals surface area contributed by atoms with Crippen molar-refractivity contribution >= 4 is 23.2 Å². The minimum Gasteiger partial charge on any atom is -0.323 e. The van der Waals surface area contributed by atoms with Crippen molar-refractivity contribution in [3.8, 4) is 16.8 Å². The lowest BCUT2D eigenvalue weighted by Gasteiger charge is -2.11. The van der Waals surface area contributed by atoms with Crippen molar-refractivity contribution in [2.45, 2.75) is 19.8 Å². The van der Waals surface area contributed by atoms with Gasteiger partial charge in [-0.15, -0.1) is 11.3 Å². The van der Waals surface area contributed by atoms with Crippen LogP contribution in [0.1, 0.15) is 30.1 Å². The van der Waals surface area contributed by atoms with E-state index in [-0.39, 0.29) is 11.8 Å². The Morgan fingerprint density at radius 1 is 1.00 bits per heavy atom. The fourth-order valence-corrected chi connectivity index (χ4v) is 4.06. The third-order valence-electron chi connectivity index (χ3n) is 4.91. The van der Waals surface area contributed by atoms with Gasteiger partial charge in [0, 0.05) is 35.9 Å². The average molecular weight is 391 g/mol. The summed E-state index contributed by atoms with van der Waals surface area (Å²) < 4.78 is 1.93. The van der Waals surface area contributed by atoms with Gasteiger partial charge in [0.25, 0.3) is 0 Å². The molecule has 0 atom stereocenters. The topological polar surface area (TPSA) is 54.7 Å². The molecule has 3 aromatic rings. The summed E-state index contributed by atoms with van der Waals surface area (Å²) in [6, 6.07) is 15.5. The molecule has 28 heavy (non-hydrogen) atoms. The molecule has 2 heterocycles. The van der Waals surface area contributed by atoms with Gasteiger partial charge in [-0.2, -0.15) is 4.99 Å². The van der Waals surface area contributed by atoms with Crippen molar-refractivity contribution in [2.75, 3.05) is 13.1 Å². The predicted octanol–water partition coefficient (Wildman–Crippen LogP) is 4.52. The first kappa shape index (κ1) is 18.4. The van der Waals surface area contributed by atoms with E-state index in [4.69, 9.17) is 0 Å². The molecule has 0 bridgehead atoms. The molecule has 2 aromatic carbocycles. The van der Waals surface area contributed by atoms with E-state index in [1.54, 1.807) is 11.8 Å². The fourth-order valence-electron chi connectivity index (χ4n) is 3.34. The number of nitrogens with zero attached hydrogens (tertiary/aromatic N) is 3. The number of benzene rings is 2. The van der Waals surface area contributed by atoms with Crippen molar-refractivity contribution in [1.29, 1.82) is 0 Å². The van der Waals surface area contributed by atoms with Crippen LogP contribution in [-0.2, 0) is 0 Å². The van der Waals surface area contributed by atoms with Gasteiger partial charge < -0.3 is 4.90 Å². The van der Waals surface area contributed by atoms with Crippen LogP contribution >= 0.6 is 11.3 Å². The Morgan fingerprint density at radius 2 is 1.75 bits per heavy atom. The highest BCUT2D eigenvalue weighted by molar-refractivity contribution is 7.07. The first-order valence-corrected chi connectivity index (χ1v) is 10.2. The largest absolute Gasteiger partial charge is 0.346 e. The highest BCUT2D eigenvalue weighted by atomic mass is 32.1. The van der Waals surface area contributed by atoms with Gasteiger partial charge in [-0.05, 0) is 49.1 Å². The number of urea groups is 1. The molecular formula is C22H21N3O2S. The maximum atomic E-state index is 12.3. The number of Topliss-reactive ketones (excluding diaryl/α,β-unsaturated/α-hetero) is 1. The van der Waals surface area contributed by atoms with Gasteiger partial charge in [-0.3, -0.25) is 9.36 Å². The minimum absolute atomic E-state index is 0.0567. The third-order valence-corrected chi connectivity index (χ3v) is 5.66. The first-order valence-electron chi connectivity index (χ1n) is 9.33. The lowest BCUT2D eigenvalue weighted by molar-refractivity contribution is 0.101. The molecule has 0 aliphatic carbocycles. The standard InChI is InChI=1S/C22H21N3O2S/c1-16(26)18-5-4-6-19(15-18)17-7-9-20(10-8-17)25-13-14-28-22(25)23-21(27)24-11-2-3-12-24/h4-10,13-15H,2-3,11-12H2,1H3. The van der Waals surface area contributed by atoms with Crippen LogP contribution < -0.4 is 4.80 Å². The second-order valence-electron chi connectivity index (χ2n) is 6.83. The molecule has 4 rings (SSSR count). The smallest absolute Gasteiger partial charge is 0.323 e. The van der Waals surface area contributed by atoms with Crippen LogP contribution in [0.5, 0.6) is 0 Å². The average Bonchev–Trinajstić information content (AvgIpc) is 3.40. The highest BCUT2D eigenvalue weighted by Gasteiger charge is 2.17. The van der Waals surface area contributed by atoms with Gasteiger partial charge in [0.05, 0.1) is 0 Å². The van der Waals surface area contributed by atoms with Gasteiger partial charge in [-0.25, -0.2) is 4.79 Å². The summed E-state index contributed by atoms with van der Waals surface area (Å²) in [6.45, 7) is 3.16. The van der Waals surface area contributed by atoms with E-state index in [1.807, 2.05) is 64.7 Å². The van der Waals surface area contributed by atoms with Gasteiger partial charge in [-0.1, -0.05) is 30.3 Å². The van der Waals surface area contributed by atoms with E-state index >= 15 is 0 Å². The molecule has 0 N–H and O–H groups in total. The lowest BCUT2D eigenvalue weighted by Crippen LogP contribution is -2.27. The number of amides is 2. The summed E-state index contributed by atoms with van der Waals surface area (Å²) in [5.41, 5.74) is 3.69. The van der Waals surface area contributed by atoms with Crippen LogP contribution in [0.3, 0.4) is 0 Å². The zero-order valence-electron chi connectivity index (χ0n) is 15.7. The molecule has 0 unspecified atom stereocenters. The molecule has 1 aliphatic rings. The predicted molar refractivity (Wildman–Crippen MR) is 111 cm³/mol. The maximum absolute atomic E-state index is 12.3. The number of carbonyl (C=O) groups excluding carboxylic acids is 2. The summed E-state index contributed by atoms with van der Waals surface area (Å²) in [6.07, 6.45) is 4.03. The molecule has 1 aromatic heterocycles. The Labute approximate surface area is 167 Å². The maximum Gasteiger partial charge on any atom is 0.346 e. The van der Waals surface area contributed by atoms with Crippen LogP contribution in [-0.4, -0.2) is 34.4 Å². The monoisotopic (exact) mass is 391 g/mol. The van der Waals surface area contributed by atoms with Gasteiger partial charge >= 0.3 is 6.03 Å². The molecule has 5 nitrogen and oxygen atoms in total. The van der Waals surface area contributed by atoms with Gasteiger partial charge in [0.2, 0.25) is 0 Å². The number of ketones is 1.